The van der Waals surface area contributed by atoms with Gasteiger partial charge in [0.2, 0.25) is 0 Å². The van der Waals surface area contributed by atoms with Gasteiger partial charge in [-0.2, -0.15) is 0 Å². The first-order chi connectivity index (χ1) is 9.70. The molecule has 0 saturated carbocycles. The number of hydrogen-bond acceptors (Lipinski definition) is 2. The van der Waals surface area contributed by atoms with Crippen LogP contribution in [0.2, 0.25) is 0 Å². The van der Waals surface area contributed by atoms with E-state index in [0.29, 0.717) is 0 Å². The maximum Gasteiger partial charge on any atom is 0.330 e. The molecule has 0 saturated heterocycles. The number of hydrogen-bond donors (Lipinski definition) is 1. The fourth-order valence-corrected chi connectivity index (χ4v) is 3.66. The predicted molar refractivity (Wildman–Crippen MR) is 78.9 cm³/mol. The number of nitrogen functional groups attached to an aromatic ring is 1. The lowest BCUT2D eigenvalue weighted by molar-refractivity contribution is -0.340. The van der Waals surface area contributed by atoms with Gasteiger partial charge in [0.1, 0.15) is 11.5 Å². The number of rotatable bonds is 1. The summed E-state index contributed by atoms with van der Waals surface area (Å²) in [5.41, 5.74) is 11.4. The lowest BCUT2D eigenvalue weighted by Crippen LogP contribution is -3.00. The molecule has 1 aliphatic rings. The number of nitrogens with two attached hydrogens (primary N) is 1. The van der Waals surface area contributed by atoms with E-state index < -0.39 is 0 Å². The summed E-state index contributed by atoms with van der Waals surface area (Å²) in [5.74, 6) is -0.205. The fourth-order valence-electron chi connectivity index (χ4n) is 2.75. The van der Waals surface area contributed by atoms with Crippen molar-refractivity contribution in [3.8, 4) is 22.4 Å². The van der Waals surface area contributed by atoms with Gasteiger partial charge >= 0.3 is 5.13 Å². The summed E-state index contributed by atoms with van der Waals surface area (Å²) in [7, 11) is 0. The Hall–Kier alpha value is -1.47. The first-order valence-electron chi connectivity index (χ1n) is 6.40. The number of benzene rings is 2. The second-order valence-corrected chi connectivity index (χ2v) is 6.09. The number of aromatic nitrogens is 1. The van der Waals surface area contributed by atoms with Crippen molar-refractivity contribution in [3.05, 3.63) is 58.7 Å². The maximum absolute atomic E-state index is 13.3. The largest absolute Gasteiger partial charge is 1.00 e. The van der Waals surface area contributed by atoms with Crippen LogP contribution in [0.1, 0.15) is 10.4 Å². The van der Waals surface area contributed by atoms with Crippen molar-refractivity contribution in [2.24, 2.45) is 0 Å². The molecule has 0 bridgehead atoms. The molecular formula is C16H12FIN2S. The minimum atomic E-state index is -0.205. The molecule has 2 nitrogen and oxygen atoms in total. The molecule has 3 N–H and O–H groups in total. The van der Waals surface area contributed by atoms with Crippen LogP contribution in [0, 0.1) is 5.82 Å². The Bertz CT molecular complexity index is 829. The van der Waals surface area contributed by atoms with Crippen LogP contribution in [0.4, 0.5) is 9.52 Å². The highest BCUT2D eigenvalue weighted by molar-refractivity contribution is 7.15. The molecule has 0 fully saturated rings. The van der Waals surface area contributed by atoms with E-state index in [9.17, 15) is 4.39 Å². The third-order valence-electron chi connectivity index (χ3n) is 3.64. The molecule has 0 amide bonds. The molecule has 3 aromatic rings. The first kappa shape index (κ1) is 14.5. The third-order valence-corrected chi connectivity index (χ3v) is 4.56. The molecule has 0 unspecified atom stereocenters. The molecule has 106 valence electrons. The maximum atomic E-state index is 13.3. The van der Waals surface area contributed by atoms with Crippen LogP contribution in [0.15, 0.2) is 42.5 Å². The highest BCUT2D eigenvalue weighted by atomic mass is 127. The van der Waals surface area contributed by atoms with Gasteiger partial charge in [0, 0.05) is 12.0 Å². The average molecular weight is 410 g/mol. The van der Waals surface area contributed by atoms with Crippen LogP contribution < -0.4 is 34.7 Å². The normalized spacial score (nSPS) is 11.7. The second-order valence-electron chi connectivity index (χ2n) is 4.95. The predicted octanol–water partition coefficient (Wildman–Crippen LogP) is 0.526. The van der Waals surface area contributed by atoms with Gasteiger partial charge in [0.25, 0.3) is 0 Å². The molecule has 1 aliphatic carbocycles. The molecule has 0 aliphatic heterocycles. The Balaban J connectivity index is 0.00000132. The van der Waals surface area contributed by atoms with Gasteiger partial charge < -0.3 is 24.0 Å². The van der Waals surface area contributed by atoms with E-state index in [1.807, 2.05) is 12.1 Å². The number of anilines is 1. The summed E-state index contributed by atoms with van der Waals surface area (Å²) in [5, 5.41) is 0.745. The van der Waals surface area contributed by atoms with Gasteiger partial charge in [-0.05, 0) is 34.9 Å². The van der Waals surface area contributed by atoms with Crippen molar-refractivity contribution in [2.45, 2.75) is 6.42 Å². The molecule has 1 heterocycles. The van der Waals surface area contributed by atoms with Gasteiger partial charge in [-0.25, -0.2) is 9.37 Å². The van der Waals surface area contributed by atoms with E-state index in [4.69, 9.17) is 5.73 Å². The minimum absolute atomic E-state index is 0. The van der Waals surface area contributed by atoms with Crippen molar-refractivity contribution in [3.63, 3.8) is 0 Å². The summed E-state index contributed by atoms with van der Waals surface area (Å²) in [6.07, 6.45) is 0.895. The monoisotopic (exact) mass is 410 g/mol. The molecule has 0 atom stereocenters. The Labute approximate surface area is 142 Å². The Morgan fingerprint density at radius 1 is 1.10 bits per heavy atom. The first-order valence-corrected chi connectivity index (χ1v) is 7.22. The summed E-state index contributed by atoms with van der Waals surface area (Å²) >= 11 is 1.60. The zero-order valence-electron chi connectivity index (χ0n) is 11.0. The zero-order valence-corrected chi connectivity index (χ0v) is 14.0. The van der Waals surface area contributed by atoms with E-state index in [-0.39, 0.29) is 29.8 Å². The second kappa shape index (κ2) is 5.38. The van der Waals surface area contributed by atoms with Crippen molar-refractivity contribution in [2.75, 3.05) is 5.73 Å². The summed E-state index contributed by atoms with van der Waals surface area (Å²) < 4.78 is 13.3. The zero-order chi connectivity index (χ0) is 13.7. The van der Waals surface area contributed by atoms with E-state index in [1.54, 1.807) is 23.5 Å². The molecule has 1 aromatic heterocycles. The number of aromatic amines is 1. The van der Waals surface area contributed by atoms with E-state index in [1.165, 1.54) is 22.1 Å². The Morgan fingerprint density at radius 3 is 2.71 bits per heavy atom. The van der Waals surface area contributed by atoms with Crippen LogP contribution in [-0.2, 0) is 6.42 Å². The molecule has 0 spiro atoms. The topological polar surface area (TPSA) is 40.2 Å². The van der Waals surface area contributed by atoms with Crippen molar-refractivity contribution in [1.82, 2.24) is 0 Å². The lowest BCUT2D eigenvalue weighted by Gasteiger charge is -2.05. The summed E-state index contributed by atoms with van der Waals surface area (Å²) in [4.78, 5) is 4.49. The van der Waals surface area contributed by atoms with Crippen molar-refractivity contribution in [1.29, 1.82) is 0 Å². The quantitative estimate of drug-likeness (QED) is 0.457. The van der Waals surface area contributed by atoms with Crippen LogP contribution in [0.3, 0.4) is 0 Å². The molecular weight excluding hydrogens is 398 g/mol. The van der Waals surface area contributed by atoms with Crippen LogP contribution in [0.5, 0.6) is 0 Å². The highest BCUT2D eigenvalue weighted by Crippen LogP contribution is 2.39. The number of nitrogens with one attached hydrogen (secondary N) is 1. The van der Waals surface area contributed by atoms with Crippen LogP contribution in [0.25, 0.3) is 22.4 Å². The number of halogens is 2. The molecule has 5 heteroatoms. The number of fused-ring (bicyclic) bond motifs is 3. The number of thiazole rings is 1. The van der Waals surface area contributed by atoms with Crippen molar-refractivity contribution < 1.29 is 33.4 Å². The molecule has 2 aromatic carbocycles. The number of H-pyrrole nitrogens is 1. The van der Waals surface area contributed by atoms with Crippen LogP contribution in [-0.4, -0.2) is 0 Å². The molecule has 4 rings (SSSR count). The van der Waals surface area contributed by atoms with E-state index in [0.717, 1.165) is 28.4 Å². The van der Waals surface area contributed by atoms with Gasteiger partial charge in [0.05, 0.1) is 4.88 Å². The van der Waals surface area contributed by atoms with E-state index >= 15 is 0 Å². The standard InChI is InChI=1S/C16H11FN2S.HI/c17-12-3-1-2-9(7-12)10-4-5-13-11(6-10)8-14-15(13)19-16(18)20-14;/h1-7H,8H2,(H2,18,19);1H. The Kier molecular flexibility index (Phi) is 3.71. The molecule has 0 radical (unpaired) electrons. The van der Waals surface area contributed by atoms with Crippen LogP contribution >= 0.6 is 11.3 Å². The summed E-state index contributed by atoms with van der Waals surface area (Å²) in [6, 6.07) is 13.0. The minimum Gasteiger partial charge on any atom is -1.00 e. The third kappa shape index (κ3) is 2.44. The smallest absolute Gasteiger partial charge is 0.330 e. The van der Waals surface area contributed by atoms with Gasteiger partial charge in [-0.15, -0.1) is 0 Å². The summed E-state index contributed by atoms with van der Waals surface area (Å²) in [6.45, 7) is 0. The SMILES string of the molecule is Nc1[nH+]c2c(s1)Cc1cc(-c3cccc(F)c3)ccc1-2.[I-]. The van der Waals surface area contributed by atoms with Gasteiger partial charge in [0.15, 0.2) is 0 Å². The van der Waals surface area contributed by atoms with Gasteiger partial charge in [-0.3, -0.25) is 5.73 Å². The van der Waals surface area contributed by atoms with Gasteiger partial charge in [-0.1, -0.05) is 35.6 Å². The van der Waals surface area contributed by atoms with E-state index in [2.05, 4.69) is 17.1 Å². The Morgan fingerprint density at radius 2 is 1.90 bits per heavy atom. The average Bonchev–Trinajstić information content (AvgIpc) is 2.93. The fraction of sp³-hybridized carbons (Fsp3) is 0.0625. The highest BCUT2D eigenvalue weighted by Gasteiger charge is 2.25. The molecule has 21 heavy (non-hydrogen) atoms. The van der Waals surface area contributed by atoms with Crippen molar-refractivity contribution >= 4 is 16.5 Å². The lowest BCUT2D eigenvalue weighted by atomic mass is 10.00.